The SMILES string of the molecule is Cc1nc(-c2nnn(C)c2CNc2cc(-c3ccccc3)ccn2)ccc1O[C@H]1CCC[C@H](C(=O)O)C1. The van der Waals surface area contributed by atoms with Crippen LogP contribution in [0.15, 0.2) is 60.8 Å². The van der Waals surface area contributed by atoms with E-state index in [1.807, 2.05) is 56.4 Å². The summed E-state index contributed by atoms with van der Waals surface area (Å²) in [7, 11) is 1.85. The van der Waals surface area contributed by atoms with Gasteiger partial charge in [-0.1, -0.05) is 35.5 Å². The number of carbonyl (C=O) groups is 1. The molecule has 0 spiro atoms. The summed E-state index contributed by atoms with van der Waals surface area (Å²) in [5, 5.41) is 21.3. The summed E-state index contributed by atoms with van der Waals surface area (Å²) >= 11 is 0. The summed E-state index contributed by atoms with van der Waals surface area (Å²) in [6, 6.07) is 18.0. The number of ether oxygens (including phenoxy) is 1. The Labute approximate surface area is 215 Å². The van der Waals surface area contributed by atoms with Gasteiger partial charge in [0.15, 0.2) is 0 Å². The van der Waals surface area contributed by atoms with Crippen LogP contribution in [0.4, 0.5) is 5.82 Å². The van der Waals surface area contributed by atoms with Crippen LogP contribution in [0.5, 0.6) is 5.75 Å². The summed E-state index contributed by atoms with van der Waals surface area (Å²) in [6.45, 7) is 2.37. The number of anilines is 1. The van der Waals surface area contributed by atoms with Crippen LogP contribution in [0.2, 0.25) is 0 Å². The van der Waals surface area contributed by atoms with Gasteiger partial charge in [0.1, 0.15) is 17.3 Å². The van der Waals surface area contributed by atoms with Crippen molar-refractivity contribution in [3.63, 3.8) is 0 Å². The standard InChI is InChI=1S/C28H30N6O3/c1-18-25(37-22-10-6-9-21(15-22)28(35)36)12-11-23(31-18)27-24(34(2)33-32-27)17-30-26-16-20(13-14-29-26)19-7-4-3-5-8-19/h3-5,7-8,11-14,16,21-22H,6,9-10,15,17H2,1-2H3,(H,29,30)(H,35,36)/t21-,22-/m0/s1. The molecule has 4 aromatic rings. The van der Waals surface area contributed by atoms with Gasteiger partial charge in [0.2, 0.25) is 0 Å². The van der Waals surface area contributed by atoms with E-state index in [4.69, 9.17) is 9.72 Å². The Morgan fingerprint density at radius 2 is 1.97 bits per heavy atom. The molecule has 0 amide bonds. The topological polar surface area (TPSA) is 115 Å². The molecule has 1 saturated carbocycles. The van der Waals surface area contributed by atoms with Crippen LogP contribution in [0, 0.1) is 12.8 Å². The number of carboxylic acid groups (broad SMARTS) is 1. The van der Waals surface area contributed by atoms with Crippen LogP contribution in [0.1, 0.15) is 37.1 Å². The quantitative estimate of drug-likeness (QED) is 0.353. The van der Waals surface area contributed by atoms with E-state index in [1.54, 1.807) is 10.9 Å². The Kier molecular flexibility index (Phi) is 7.11. The lowest BCUT2D eigenvalue weighted by Crippen LogP contribution is -2.29. The monoisotopic (exact) mass is 498 g/mol. The third-order valence-corrected chi connectivity index (χ3v) is 6.80. The Bertz CT molecular complexity index is 1390. The molecular formula is C28H30N6O3. The first-order chi connectivity index (χ1) is 18.0. The molecule has 2 N–H and O–H groups in total. The first-order valence-electron chi connectivity index (χ1n) is 12.5. The van der Waals surface area contributed by atoms with Crippen LogP contribution >= 0.6 is 0 Å². The highest BCUT2D eigenvalue weighted by atomic mass is 16.5. The normalized spacial score (nSPS) is 17.4. The number of hydrogen-bond acceptors (Lipinski definition) is 7. The van der Waals surface area contributed by atoms with Gasteiger partial charge >= 0.3 is 5.97 Å². The number of aliphatic carboxylic acids is 1. The van der Waals surface area contributed by atoms with Crippen molar-refractivity contribution in [2.45, 2.75) is 45.3 Å². The highest BCUT2D eigenvalue weighted by molar-refractivity contribution is 5.70. The van der Waals surface area contributed by atoms with Crippen molar-refractivity contribution >= 4 is 11.8 Å². The lowest BCUT2D eigenvalue weighted by atomic mass is 9.87. The third kappa shape index (κ3) is 5.61. The molecule has 5 rings (SSSR count). The Hall–Kier alpha value is -4.27. The minimum absolute atomic E-state index is 0.114. The second-order valence-electron chi connectivity index (χ2n) is 9.38. The number of nitrogens with one attached hydrogen (secondary N) is 1. The fourth-order valence-corrected chi connectivity index (χ4v) is 4.75. The van der Waals surface area contributed by atoms with Gasteiger partial charge in [-0.15, -0.1) is 5.10 Å². The lowest BCUT2D eigenvalue weighted by Gasteiger charge is -2.27. The minimum atomic E-state index is -0.746. The van der Waals surface area contributed by atoms with Gasteiger partial charge in [-0.2, -0.15) is 0 Å². The van der Waals surface area contributed by atoms with Gasteiger partial charge in [-0.3, -0.25) is 4.79 Å². The van der Waals surface area contributed by atoms with Crippen molar-refractivity contribution < 1.29 is 14.6 Å². The maximum Gasteiger partial charge on any atom is 0.306 e. The Morgan fingerprint density at radius 1 is 1.14 bits per heavy atom. The van der Waals surface area contributed by atoms with Gasteiger partial charge in [-0.25, -0.2) is 14.6 Å². The molecular weight excluding hydrogens is 468 g/mol. The van der Waals surface area contributed by atoms with Gasteiger partial charge in [-0.05, 0) is 68.0 Å². The van der Waals surface area contributed by atoms with Crippen LogP contribution in [0.3, 0.4) is 0 Å². The number of rotatable bonds is 8. The zero-order chi connectivity index (χ0) is 25.8. The first-order valence-corrected chi connectivity index (χ1v) is 12.5. The molecule has 3 aromatic heterocycles. The van der Waals surface area contributed by atoms with Crippen molar-refractivity contribution in [2.24, 2.45) is 13.0 Å². The largest absolute Gasteiger partial charge is 0.489 e. The molecule has 9 heteroatoms. The van der Waals surface area contributed by atoms with Gasteiger partial charge < -0.3 is 15.2 Å². The van der Waals surface area contributed by atoms with Crippen LogP contribution in [0.25, 0.3) is 22.5 Å². The molecule has 3 heterocycles. The van der Waals surface area contributed by atoms with Gasteiger partial charge in [0.05, 0.1) is 35.6 Å². The van der Waals surface area contributed by atoms with E-state index in [-0.39, 0.29) is 12.0 Å². The lowest BCUT2D eigenvalue weighted by molar-refractivity contribution is -0.143. The molecule has 2 atom stereocenters. The predicted molar refractivity (Wildman–Crippen MR) is 140 cm³/mol. The Balaban J connectivity index is 1.30. The number of nitrogens with zero attached hydrogens (tertiary/aromatic N) is 5. The third-order valence-electron chi connectivity index (χ3n) is 6.80. The summed E-state index contributed by atoms with van der Waals surface area (Å²) in [5.41, 5.74) is 5.22. The van der Waals surface area contributed by atoms with E-state index in [2.05, 4.69) is 32.7 Å². The highest BCUT2D eigenvalue weighted by Gasteiger charge is 2.28. The van der Waals surface area contributed by atoms with Gasteiger partial charge in [0, 0.05) is 13.2 Å². The molecule has 1 aromatic carbocycles. The van der Waals surface area contributed by atoms with Crippen LogP contribution < -0.4 is 10.1 Å². The molecule has 0 bridgehead atoms. The van der Waals surface area contributed by atoms with E-state index < -0.39 is 5.97 Å². The number of hydrogen-bond donors (Lipinski definition) is 2. The average molecular weight is 499 g/mol. The van der Waals surface area contributed by atoms with Crippen molar-refractivity contribution in [3.8, 4) is 28.3 Å². The molecule has 9 nitrogen and oxygen atoms in total. The number of aryl methyl sites for hydroxylation is 2. The second kappa shape index (κ2) is 10.8. The van der Waals surface area contributed by atoms with Crippen molar-refractivity contribution in [3.05, 3.63) is 72.2 Å². The van der Waals surface area contributed by atoms with E-state index in [1.165, 1.54) is 0 Å². The number of pyridine rings is 2. The fourth-order valence-electron chi connectivity index (χ4n) is 4.75. The molecule has 190 valence electrons. The van der Waals surface area contributed by atoms with E-state index in [0.717, 1.165) is 41.2 Å². The molecule has 1 aliphatic rings. The van der Waals surface area contributed by atoms with Crippen molar-refractivity contribution in [1.82, 2.24) is 25.0 Å². The summed E-state index contributed by atoms with van der Waals surface area (Å²) in [6.07, 6.45) is 4.62. The van der Waals surface area contributed by atoms with Crippen molar-refractivity contribution in [1.29, 1.82) is 0 Å². The molecule has 0 unspecified atom stereocenters. The Morgan fingerprint density at radius 3 is 2.76 bits per heavy atom. The maximum atomic E-state index is 11.4. The molecule has 37 heavy (non-hydrogen) atoms. The average Bonchev–Trinajstić information content (AvgIpc) is 3.29. The van der Waals surface area contributed by atoms with E-state index in [0.29, 0.717) is 36.5 Å². The number of carboxylic acids is 1. The molecule has 1 fully saturated rings. The van der Waals surface area contributed by atoms with Crippen molar-refractivity contribution in [2.75, 3.05) is 5.32 Å². The second-order valence-corrected chi connectivity index (χ2v) is 9.38. The molecule has 1 aliphatic carbocycles. The summed E-state index contributed by atoms with van der Waals surface area (Å²) < 4.78 is 7.89. The summed E-state index contributed by atoms with van der Waals surface area (Å²) in [4.78, 5) is 20.6. The zero-order valence-electron chi connectivity index (χ0n) is 21.0. The zero-order valence-corrected chi connectivity index (χ0v) is 21.0. The predicted octanol–water partition coefficient (Wildman–Crippen LogP) is 4.88. The fraction of sp³-hybridized carbons (Fsp3) is 0.321. The minimum Gasteiger partial charge on any atom is -0.489 e. The van der Waals surface area contributed by atoms with E-state index >= 15 is 0 Å². The van der Waals surface area contributed by atoms with Crippen LogP contribution in [-0.2, 0) is 18.4 Å². The number of aromatic nitrogens is 5. The van der Waals surface area contributed by atoms with Gasteiger partial charge in [0.25, 0.3) is 0 Å². The first kappa shape index (κ1) is 24.4. The molecule has 0 aliphatic heterocycles. The maximum absolute atomic E-state index is 11.4. The highest BCUT2D eigenvalue weighted by Crippen LogP contribution is 2.30. The molecule has 0 saturated heterocycles. The van der Waals surface area contributed by atoms with Crippen LogP contribution in [-0.4, -0.2) is 42.1 Å². The molecule has 0 radical (unpaired) electrons. The number of benzene rings is 1. The van der Waals surface area contributed by atoms with E-state index in [9.17, 15) is 9.90 Å². The smallest absolute Gasteiger partial charge is 0.306 e. The summed E-state index contributed by atoms with van der Waals surface area (Å²) in [5.74, 6) is 0.340.